The van der Waals surface area contributed by atoms with Crippen molar-refractivity contribution in [1.82, 2.24) is 31.6 Å². The third kappa shape index (κ3) is 3.35. The molecule has 0 spiro atoms. The lowest BCUT2D eigenvalue weighted by atomic mass is 10.1. The van der Waals surface area contributed by atoms with E-state index in [-0.39, 0.29) is 0 Å². The van der Waals surface area contributed by atoms with Crippen LogP contribution in [0.25, 0.3) is 0 Å². The van der Waals surface area contributed by atoms with Gasteiger partial charge in [-0.15, -0.1) is 0 Å². The van der Waals surface area contributed by atoms with Crippen LogP contribution in [-0.4, -0.2) is 70.8 Å². The molecule has 0 aromatic carbocycles. The summed E-state index contributed by atoms with van der Waals surface area (Å²) in [7, 11) is 0.898. The maximum Gasteiger partial charge on any atom is 0.220 e. The van der Waals surface area contributed by atoms with Gasteiger partial charge in [0.2, 0.25) is 11.3 Å². The number of hydrogen-bond donors (Lipinski definition) is 1. The molecule has 1 saturated heterocycles. The standard InChI is InChI=1S/C7H12F8N6/c1-17-4-6(18(8)9,19(10)11)2-16-3-7(5-17,20(12)13)21(14)15/h16H,2-5H2,1H3. The molecular formula is C7H12F8N6. The third-order valence-electron chi connectivity index (χ3n) is 3.12. The van der Waals surface area contributed by atoms with E-state index in [9.17, 15) is 35.9 Å². The second kappa shape index (κ2) is 6.53. The summed E-state index contributed by atoms with van der Waals surface area (Å²) in [6, 6.07) is 0. The number of halogens is 8. The van der Waals surface area contributed by atoms with Crippen molar-refractivity contribution in [2.45, 2.75) is 11.3 Å². The Balaban J connectivity index is 3.05. The SMILES string of the molecule is CN1CC(N(F)F)(N(F)F)CNCC(N(F)F)(N(F)F)C1. The average Bonchev–Trinajstić information content (AvgIpc) is 2.31. The first-order valence-corrected chi connectivity index (χ1v) is 5.45. The number of nitrogens with zero attached hydrogens (tertiary/aromatic N) is 5. The molecule has 1 heterocycles. The van der Waals surface area contributed by atoms with E-state index in [2.05, 4.69) is 0 Å². The maximum absolute atomic E-state index is 12.8. The molecule has 1 aliphatic rings. The monoisotopic (exact) mass is 332 g/mol. The highest BCUT2D eigenvalue weighted by molar-refractivity contribution is 4.93. The van der Waals surface area contributed by atoms with E-state index >= 15 is 0 Å². The second-order valence-corrected chi connectivity index (χ2v) is 4.67. The molecule has 126 valence electrons. The molecule has 0 aliphatic carbocycles. The predicted octanol–water partition coefficient (Wildman–Crippen LogP) is 1.20. The zero-order valence-corrected chi connectivity index (χ0v) is 10.6. The van der Waals surface area contributed by atoms with Crippen molar-refractivity contribution < 1.29 is 35.9 Å². The summed E-state index contributed by atoms with van der Waals surface area (Å²) in [6.07, 6.45) is 0. The van der Waals surface area contributed by atoms with Crippen LogP contribution in [0.4, 0.5) is 35.9 Å². The molecule has 1 fully saturated rings. The summed E-state index contributed by atoms with van der Waals surface area (Å²) in [6.45, 7) is -4.77. The van der Waals surface area contributed by atoms with Gasteiger partial charge in [-0.2, -0.15) is 0 Å². The van der Waals surface area contributed by atoms with Gasteiger partial charge in [0.15, 0.2) is 0 Å². The number of hydrogen-bond acceptors (Lipinski definition) is 6. The van der Waals surface area contributed by atoms with Crippen molar-refractivity contribution in [2.24, 2.45) is 0 Å². The summed E-state index contributed by atoms with van der Waals surface area (Å²) >= 11 is 0. The number of nitrogens with one attached hydrogen (secondary N) is 1. The van der Waals surface area contributed by atoms with Crippen LogP contribution >= 0.6 is 0 Å². The zero-order chi connectivity index (χ0) is 16.4. The Morgan fingerprint density at radius 1 is 0.714 bits per heavy atom. The Bertz CT molecular complexity index is 295. The topological polar surface area (TPSA) is 28.2 Å². The van der Waals surface area contributed by atoms with Gasteiger partial charge in [0.25, 0.3) is 0 Å². The van der Waals surface area contributed by atoms with E-state index in [1.54, 1.807) is 5.32 Å². The molecule has 0 aromatic rings. The van der Waals surface area contributed by atoms with Crippen molar-refractivity contribution in [3.05, 3.63) is 0 Å². The van der Waals surface area contributed by atoms with Gasteiger partial charge in [0.05, 0.1) is 0 Å². The molecular weight excluding hydrogens is 320 g/mol. The van der Waals surface area contributed by atoms with Gasteiger partial charge >= 0.3 is 0 Å². The molecule has 0 atom stereocenters. The highest BCUT2D eigenvalue weighted by Crippen LogP contribution is 2.30. The zero-order valence-electron chi connectivity index (χ0n) is 10.6. The van der Waals surface area contributed by atoms with Crippen molar-refractivity contribution in [2.75, 3.05) is 33.2 Å². The van der Waals surface area contributed by atoms with Crippen molar-refractivity contribution in [3.63, 3.8) is 0 Å². The largest absolute Gasteiger partial charge is 0.309 e. The molecule has 1 rings (SSSR count). The minimum Gasteiger partial charge on any atom is -0.309 e. The Labute approximate surface area is 113 Å². The van der Waals surface area contributed by atoms with Gasteiger partial charge in [0.1, 0.15) is 0 Å². The van der Waals surface area contributed by atoms with Crippen LogP contribution in [0.3, 0.4) is 0 Å². The Hall–Kier alpha value is -0.800. The molecule has 0 bridgehead atoms. The number of rotatable bonds is 4. The van der Waals surface area contributed by atoms with Gasteiger partial charge in [-0.1, -0.05) is 35.9 Å². The summed E-state index contributed by atoms with van der Waals surface area (Å²) < 4.78 is 102. The predicted molar refractivity (Wildman–Crippen MR) is 52.0 cm³/mol. The van der Waals surface area contributed by atoms with Crippen LogP contribution in [0.1, 0.15) is 0 Å². The highest BCUT2D eigenvalue weighted by atomic mass is 19.4. The molecule has 0 amide bonds. The third-order valence-corrected chi connectivity index (χ3v) is 3.12. The van der Waals surface area contributed by atoms with E-state index in [1.165, 1.54) is 0 Å². The first-order valence-electron chi connectivity index (χ1n) is 5.45. The van der Waals surface area contributed by atoms with Crippen LogP contribution in [-0.2, 0) is 0 Å². The maximum atomic E-state index is 12.8. The van der Waals surface area contributed by atoms with E-state index in [1.807, 2.05) is 0 Å². The fourth-order valence-corrected chi connectivity index (χ4v) is 2.06. The minimum absolute atomic E-state index is 0.539. The van der Waals surface area contributed by atoms with Gasteiger partial charge in [-0.05, 0) is 7.05 Å². The van der Waals surface area contributed by atoms with Crippen molar-refractivity contribution >= 4 is 0 Å². The summed E-state index contributed by atoms with van der Waals surface area (Å²) in [5.41, 5.74) is -6.29. The van der Waals surface area contributed by atoms with Crippen molar-refractivity contribution in [1.29, 1.82) is 0 Å². The fraction of sp³-hybridized carbons (Fsp3) is 1.00. The Morgan fingerprint density at radius 2 is 1.00 bits per heavy atom. The van der Waals surface area contributed by atoms with Gasteiger partial charge in [0, 0.05) is 47.6 Å². The molecule has 21 heavy (non-hydrogen) atoms. The normalized spacial score (nSPS) is 23.9. The minimum atomic E-state index is -3.14. The first-order chi connectivity index (χ1) is 9.58. The highest BCUT2D eigenvalue weighted by Gasteiger charge is 2.55. The van der Waals surface area contributed by atoms with Crippen LogP contribution in [0.15, 0.2) is 0 Å². The molecule has 0 saturated carbocycles. The lowest BCUT2D eigenvalue weighted by Crippen LogP contribution is -2.70. The Kier molecular flexibility index (Phi) is 5.68. The van der Waals surface area contributed by atoms with Crippen LogP contribution < -0.4 is 5.32 Å². The molecule has 1 N–H and O–H groups in total. The smallest absolute Gasteiger partial charge is 0.220 e. The molecule has 1 aliphatic heterocycles. The average molecular weight is 332 g/mol. The van der Waals surface area contributed by atoms with Gasteiger partial charge in [-0.3, -0.25) is 4.90 Å². The molecule has 14 heteroatoms. The molecule has 6 nitrogen and oxygen atoms in total. The van der Waals surface area contributed by atoms with Crippen molar-refractivity contribution in [3.8, 4) is 0 Å². The quantitative estimate of drug-likeness (QED) is 0.473. The van der Waals surface area contributed by atoms with Crippen LogP contribution in [0.2, 0.25) is 0 Å². The summed E-state index contributed by atoms with van der Waals surface area (Å²) in [5.74, 6) is 0. The van der Waals surface area contributed by atoms with Crippen LogP contribution in [0.5, 0.6) is 0 Å². The molecule has 0 unspecified atom stereocenters. The first kappa shape index (κ1) is 18.2. The second-order valence-electron chi connectivity index (χ2n) is 4.67. The molecule has 0 radical (unpaired) electrons. The summed E-state index contributed by atoms with van der Waals surface area (Å²) in [4.78, 5) is 0.539. The lowest BCUT2D eigenvalue weighted by molar-refractivity contribution is -0.391. The number of likely N-dealkylation sites (N-methyl/N-ethyl adjacent to an activating group) is 1. The van der Waals surface area contributed by atoms with E-state index in [4.69, 9.17) is 0 Å². The van der Waals surface area contributed by atoms with Crippen LogP contribution in [0, 0.1) is 0 Å². The lowest BCUT2D eigenvalue weighted by Gasteiger charge is -2.43. The van der Waals surface area contributed by atoms with E-state index < -0.39 is 58.9 Å². The summed E-state index contributed by atoms with van der Waals surface area (Å²) in [5, 5.41) is -5.39. The fourth-order valence-electron chi connectivity index (χ4n) is 2.06. The van der Waals surface area contributed by atoms with E-state index in [0.29, 0.717) is 4.90 Å². The molecule has 0 aromatic heterocycles. The Morgan fingerprint density at radius 3 is 1.24 bits per heavy atom. The van der Waals surface area contributed by atoms with E-state index in [0.717, 1.165) is 7.05 Å². The van der Waals surface area contributed by atoms with Gasteiger partial charge < -0.3 is 5.32 Å². The van der Waals surface area contributed by atoms with Gasteiger partial charge in [-0.25, -0.2) is 0 Å².